The second-order valence-electron chi connectivity index (χ2n) is 4.74. The molecule has 2 aromatic rings. The van der Waals surface area contributed by atoms with Crippen LogP contribution in [0.5, 0.6) is 0 Å². The molecule has 0 radical (unpaired) electrons. The van der Waals surface area contributed by atoms with E-state index in [4.69, 9.17) is 5.26 Å². The highest BCUT2D eigenvalue weighted by Crippen LogP contribution is 2.06. The Morgan fingerprint density at radius 3 is 2.65 bits per heavy atom. The Kier molecular flexibility index (Phi) is 4.28. The second kappa shape index (κ2) is 6.13. The van der Waals surface area contributed by atoms with Crippen molar-refractivity contribution >= 4 is 5.78 Å². The number of hydrogen-bond acceptors (Lipinski definition) is 4. The van der Waals surface area contributed by atoms with Gasteiger partial charge in [-0.2, -0.15) is 5.26 Å². The molecule has 2 rings (SSSR count). The first-order valence-corrected chi connectivity index (χ1v) is 6.28. The quantitative estimate of drug-likeness (QED) is 0.773. The molecular formula is C15H16N4O. The molecule has 0 fully saturated rings. The molecule has 0 atom stereocenters. The zero-order valence-electron chi connectivity index (χ0n) is 11.6. The van der Waals surface area contributed by atoms with Gasteiger partial charge in [-0.15, -0.1) is 0 Å². The number of carbonyl (C=O) groups is 1. The number of nitriles is 1. The smallest absolute Gasteiger partial charge is 0.176 e. The van der Waals surface area contributed by atoms with Crippen LogP contribution < -0.4 is 0 Å². The van der Waals surface area contributed by atoms with E-state index < -0.39 is 0 Å². The van der Waals surface area contributed by atoms with Crippen LogP contribution in [-0.2, 0) is 13.6 Å². The van der Waals surface area contributed by atoms with Crippen LogP contribution in [0.3, 0.4) is 0 Å². The van der Waals surface area contributed by atoms with Crippen molar-refractivity contribution in [3.8, 4) is 6.07 Å². The molecule has 0 bridgehead atoms. The molecule has 1 heterocycles. The molecule has 1 aromatic carbocycles. The first-order valence-electron chi connectivity index (χ1n) is 6.28. The lowest BCUT2D eigenvalue weighted by molar-refractivity contribution is 0.0941. The number of aromatic nitrogens is 2. The van der Waals surface area contributed by atoms with Crippen LogP contribution in [0.25, 0.3) is 0 Å². The molecule has 0 N–H and O–H groups in total. The average molecular weight is 268 g/mol. The highest BCUT2D eigenvalue weighted by atomic mass is 16.1. The number of benzene rings is 1. The van der Waals surface area contributed by atoms with E-state index in [1.165, 1.54) is 0 Å². The lowest BCUT2D eigenvalue weighted by Gasteiger charge is -2.15. The predicted octanol–water partition coefficient (Wildman–Crippen LogP) is 1.61. The van der Waals surface area contributed by atoms with Gasteiger partial charge in [-0.1, -0.05) is 12.1 Å². The Balaban J connectivity index is 1.96. The maximum atomic E-state index is 12.1. The van der Waals surface area contributed by atoms with Crippen molar-refractivity contribution in [2.24, 2.45) is 7.05 Å². The lowest BCUT2D eigenvalue weighted by Crippen LogP contribution is -2.26. The SMILES string of the molecule is CN(CC(=O)c1ccc(C#N)cc1)Cc1nccn1C. The summed E-state index contributed by atoms with van der Waals surface area (Å²) in [4.78, 5) is 18.3. The van der Waals surface area contributed by atoms with Crippen molar-refractivity contribution < 1.29 is 4.79 Å². The molecule has 5 nitrogen and oxygen atoms in total. The minimum Gasteiger partial charge on any atom is -0.337 e. The standard InChI is InChI=1S/C15H16N4O/c1-18(11-15-17-7-8-19(15)2)10-14(20)13-5-3-12(9-16)4-6-13/h3-8H,10-11H2,1-2H3. The van der Waals surface area contributed by atoms with Gasteiger partial charge >= 0.3 is 0 Å². The van der Waals surface area contributed by atoms with Crippen LogP contribution in [-0.4, -0.2) is 33.8 Å². The number of aryl methyl sites for hydroxylation is 1. The van der Waals surface area contributed by atoms with Gasteiger partial charge in [0.05, 0.1) is 24.7 Å². The van der Waals surface area contributed by atoms with E-state index in [9.17, 15) is 4.79 Å². The Labute approximate surface area is 118 Å². The monoisotopic (exact) mass is 268 g/mol. The fourth-order valence-corrected chi connectivity index (χ4v) is 1.91. The number of hydrogen-bond donors (Lipinski definition) is 0. The lowest BCUT2D eigenvalue weighted by atomic mass is 10.1. The number of imidazole rings is 1. The molecule has 20 heavy (non-hydrogen) atoms. The molecule has 0 amide bonds. The number of Topliss-reactive ketones (excluding diaryl/α,β-unsaturated/α-hetero) is 1. The summed E-state index contributed by atoms with van der Waals surface area (Å²) in [5.74, 6) is 0.950. The molecule has 0 aliphatic carbocycles. The van der Waals surface area contributed by atoms with E-state index in [2.05, 4.69) is 4.98 Å². The molecule has 0 saturated heterocycles. The van der Waals surface area contributed by atoms with Crippen LogP contribution in [0, 0.1) is 11.3 Å². The van der Waals surface area contributed by atoms with E-state index in [1.54, 1.807) is 30.5 Å². The Hall–Kier alpha value is -2.45. The van der Waals surface area contributed by atoms with Crippen molar-refractivity contribution in [3.05, 3.63) is 53.6 Å². The van der Waals surface area contributed by atoms with E-state index in [1.807, 2.05) is 35.8 Å². The summed E-state index contributed by atoms with van der Waals surface area (Å²) in [6.45, 7) is 0.935. The largest absolute Gasteiger partial charge is 0.337 e. The summed E-state index contributed by atoms with van der Waals surface area (Å²) in [6, 6.07) is 8.73. The summed E-state index contributed by atoms with van der Waals surface area (Å²) >= 11 is 0. The van der Waals surface area contributed by atoms with E-state index >= 15 is 0 Å². The van der Waals surface area contributed by atoms with Gasteiger partial charge in [0.1, 0.15) is 5.82 Å². The summed E-state index contributed by atoms with van der Waals surface area (Å²) in [6.07, 6.45) is 3.62. The van der Waals surface area contributed by atoms with Crippen LogP contribution in [0.1, 0.15) is 21.7 Å². The fraction of sp³-hybridized carbons (Fsp3) is 0.267. The van der Waals surface area contributed by atoms with E-state index in [0.29, 0.717) is 24.2 Å². The molecule has 0 aliphatic rings. The molecule has 1 aromatic heterocycles. The number of ketones is 1. The molecule has 0 aliphatic heterocycles. The third-order valence-corrected chi connectivity index (χ3v) is 3.08. The highest BCUT2D eigenvalue weighted by Gasteiger charge is 2.11. The van der Waals surface area contributed by atoms with Gasteiger partial charge in [-0.05, 0) is 19.2 Å². The van der Waals surface area contributed by atoms with Crippen LogP contribution in [0.2, 0.25) is 0 Å². The number of carbonyl (C=O) groups excluding carboxylic acids is 1. The van der Waals surface area contributed by atoms with Crippen molar-refractivity contribution in [2.75, 3.05) is 13.6 Å². The van der Waals surface area contributed by atoms with E-state index in [0.717, 1.165) is 5.82 Å². The predicted molar refractivity (Wildman–Crippen MR) is 75.0 cm³/mol. The van der Waals surface area contributed by atoms with Crippen molar-refractivity contribution in [2.45, 2.75) is 6.54 Å². The number of nitrogens with zero attached hydrogens (tertiary/aromatic N) is 4. The molecule has 5 heteroatoms. The maximum absolute atomic E-state index is 12.1. The number of likely N-dealkylation sites (N-methyl/N-ethyl adjacent to an activating group) is 1. The van der Waals surface area contributed by atoms with E-state index in [-0.39, 0.29) is 5.78 Å². The number of rotatable bonds is 5. The van der Waals surface area contributed by atoms with Gasteiger partial charge in [-0.25, -0.2) is 4.98 Å². The van der Waals surface area contributed by atoms with Gasteiger partial charge in [0.2, 0.25) is 0 Å². The Morgan fingerprint density at radius 1 is 1.40 bits per heavy atom. The van der Waals surface area contributed by atoms with Crippen molar-refractivity contribution in [3.63, 3.8) is 0 Å². The third kappa shape index (κ3) is 3.31. The van der Waals surface area contributed by atoms with Crippen LogP contribution >= 0.6 is 0 Å². The molecule has 102 valence electrons. The molecular weight excluding hydrogens is 252 g/mol. The average Bonchev–Trinajstić information content (AvgIpc) is 2.84. The summed E-state index contributed by atoms with van der Waals surface area (Å²) in [5, 5.41) is 8.73. The topological polar surface area (TPSA) is 61.9 Å². The van der Waals surface area contributed by atoms with Gasteiger partial charge in [0.25, 0.3) is 0 Å². The fourth-order valence-electron chi connectivity index (χ4n) is 1.91. The normalized spacial score (nSPS) is 10.5. The van der Waals surface area contributed by atoms with Gasteiger partial charge in [-0.3, -0.25) is 9.69 Å². The first kappa shape index (κ1) is 14.0. The summed E-state index contributed by atoms with van der Waals surface area (Å²) in [7, 11) is 3.81. The Morgan fingerprint density at radius 2 is 2.10 bits per heavy atom. The minimum absolute atomic E-state index is 0.0335. The van der Waals surface area contributed by atoms with Gasteiger partial charge in [0, 0.05) is 25.0 Å². The van der Waals surface area contributed by atoms with Crippen LogP contribution in [0.4, 0.5) is 0 Å². The van der Waals surface area contributed by atoms with Crippen molar-refractivity contribution in [1.82, 2.24) is 14.5 Å². The minimum atomic E-state index is 0.0335. The molecule has 0 unspecified atom stereocenters. The molecule has 0 saturated carbocycles. The first-order chi connectivity index (χ1) is 9.60. The molecule has 0 spiro atoms. The maximum Gasteiger partial charge on any atom is 0.176 e. The highest BCUT2D eigenvalue weighted by molar-refractivity contribution is 5.97. The van der Waals surface area contributed by atoms with Gasteiger partial charge < -0.3 is 4.57 Å². The summed E-state index contributed by atoms with van der Waals surface area (Å²) < 4.78 is 1.93. The Bertz CT molecular complexity index is 637. The second-order valence-corrected chi connectivity index (χ2v) is 4.74. The summed E-state index contributed by atoms with van der Waals surface area (Å²) in [5.41, 5.74) is 1.18. The van der Waals surface area contributed by atoms with Crippen LogP contribution in [0.15, 0.2) is 36.7 Å². The van der Waals surface area contributed by atoms with Crippen molar-refractivity contribution in [1.29, 1.82) is 5.26 Å². The third-order valence-electron chi connectivity index (χ3n) is 3.08. The van der Waals surface area contributed by atoms with Gasteiger partial charge in [0.15, 0.2) is 5.78 Å². The zero-order valence-corrected chi connectivity index (χ0v) is 11.6. The zero-order chi connectivity index (χ0) is 14.5.